The highest BCUT2D eigenvalue weighted by atomic mass is 32.2. The number of anilines is 1. The van der Waals surface area contributed by atoms with Gasteiger partial charge >= 0.3 is 5.97 Å². The number of carboxylic acids is 1. The summed E-state index contributed by atoms with van der Waals surface area (Å²) in [4.78, 5) is 42.1. The number of likely N-dealkylation sites (N-methyl/N-ethyl adjacent to an activating group) is 1. The molecule has 1 saturated heterocycles. The summed E-state index contributed by atoms with van der Waals surface area (Å²) in [6.45, 7) is 3.52. The molecule has 2 aliphatic heterocycles. The van der Waals surface area contributed by atoms with Crippen molar-refractivity contribution in [3.63, 3.8) is 0 Å². The highest BCUT2D eigenvalue weighted by Crippen LogP contribution is 2.23. The minimum atomic E-state index is -4.08. The van der Waals surface area contributed by atoms with Crippen LogP contribution in [0.5, 0.6) is 0 Å². The molecule has 2 aliphatic rings. The van der Waals surface area contributed by atoms with Crippen LogP contribution in [0.4, 0.5) is 5.69 Å². The third-order valence-corrected chi connectivity index (χ3v) is 7.85. The molecule has 0 saturated carbocycles. The second-order valence-electron chi connectivity index (χ2n) is 8.75. The van der Waals surface area contributed by atoms with Crippen molar-refractivity contribution >= 4 is 33.5 Å². The second kappa shape index (κ2) is 10.1. The number of fused-ring (bicyclic) bond motifs is 1. The molecule has 186 valence electrons. The number of imide groups is 1. The third kappa shape index (κ3) is 5.37. The van der Waals surface area contributed by atoms with Gasteiger partial charge in [0.2, 0.25) is 10.0 Å². The lowest BCUT2D eigenvalue weighted by molar-refractivity contribution is -0.139. The first kappa shape index (κ1) is 24.8. The molecule has 0 radical (unpaired) electrons. The Kier molecular flexibility index (Phi) is 7.20. The molecule has 35 heavy (non-hydrogen) atoms. The first-order valence-electron chi connectivity index (χ1n) is 11.4. The molecule has 0 bridgehead atoms. The van der Waals surface area contributed by atoms with Gasteiger partial charge < -0.3 is 14.9 Å². The Morgan fingerprint density at radius 1 is 0.971 bits per heavy atom. The predicted octanol–water partition coefficient (Wildman–Crippen LogP) is 1.25. The molecule has 2 aromatic carbocycles. The van der Waals surface area contributed by atoms with E-state index in [0.29, 0.717) is 11.1 Å². The zero-order chi connectivity index (χ0) is 25.2. The summed E-state index contributed by atoms with van der Waals surface area (Å²) in [7, 11) is -2.03. The number of sulfonamides is 1. The molecule has 2 aromatic rings. The van der Waals surface area contributed by atoms with Crippen LogP contribution in [-0.2, 0) is 14.8 Å². The number of amides is 2. The zero-order valence-electron chi connectivity index (χ0n) is 19.4. The molecule has 4 rings (SSSR count). The number of hydrogen-bond acceptors (Lipinski definition) is 7. The van der Waals surface area contributed by atoms with Crippen molar-refractivity contribution in [1.29, 1.82) is 0 Å². The van der Waals surface area contributed by atoms with Gasteiger partial charge in [-0.15, -0.1) is 0 Å². The standard InChI is InChI=1S/C24H28N4O6S/c1-26-13-15-27(16-14-26)17-8-10-18(11-9-17)35(33,34)25-21(24(31)32)7-4-12-28-22(29)19-5-2-3-6-20(19)23(28)30/h2-3,5-6,8-11,21,25H,4,7,12-16H2,1H3,(H,31,32). The van der Waals surface area contributed by atoms with Gasteiger partial charge in [-0.25, -0.2) is 8.42 Å². The van der Waals surface area contributed by atoms with Gasteiger partial charge in [0.1, 0.15) is 6.04 Å². The van der Waals surface area contributed by atoms with E-state index in [1.54, 1.807) is 36.4 Å². The van der Waals surface area contributed by atoms with Crippen molar-refractivity contribution < 1.29 is 27.9 Å². The van der Waals surface area contributed by atoms with Gasteiger partial charge in [0.05, 0.1) is 16.0 Å². The maximum atomic E-state index is 12.8. The maximum absolute atomic E-state index is 12.8. The fourth-order valence-electron chi connectivity index (χ4n) is 4.28. The number of rotatable bonds is 9. The minimum Gasteiger partial charge on any atom is -0.480 e. The van der Waals surface area contributed by atoms with Gasteiger partial charge in [-0.05, 0) is 56.3 Å². The van der Waals surface area contributed by atoms with Crippen LogP contribution < -0.4 is 9.62 Å². The largest absolute Gasteiger partial charge is 0.480 e. The van der Waals surface area contributed by atoms with Gasteiger partial charge in [0.25, 0.3) is 11.8 Å². The summed E-state index contributed by atoms with van der Waals surface area (Å²) in [6.07, 6.45) is 0.0502. The van der Waals surface area contributed by atoms with E-state index in [0.717, 1.165) is 36.8 Å². The number of benzene rings is 2. The van der Waals surface area contributed by atoms with E-state index in [9.17, 15) is 27.9 Å². The molecule has 1 atom stereocenters. The van der Waals surface area contributed by atoms with Crippen molar-refractivity contribution in [1.82, 2.24) is 14.5 Å². The molecule has 0 spiro atoms. The van der Waals surface area contributed by atoms with E-state index in [-0.39, 0.29) is 24.3 Å². The second-order valence-corrected chi connectivity index (χ2v) is 10.5. The lowest BCUT2D eigenvalue weighted by atomic mass is 10.1. The number of carbonyl (C=O) groups excluding carboxylic acids is 2. The van der Waals surface area contributed by atoms with E-state index in [1.165, 1.54) is 12.1 Å². The van der Waals surface area contributed by atoms with Gasteiger partial charge in [-0.1, -0.05) is 12.1 Å². The highest BCUT2D eigenvalue weighted by Gasteiger charge is 2.35. The first-order valence-corrected chi connectivity index (χ1v) is 12.9. The Hall–Kier alpha value is -3.28. The normalized spacial score (nSPS) is 17.5. The molecule has 1 unspecified atom stereocenters. The predicted molar refractivity (Wildman–Crippen MR) is 129 cm³/mol. The average molecular weight is 501 g/mol. The van der Waals surface area contributed by atoms with Crippen molar-refractivity contribution in [2.75, 3.05) is 44.7 Å². The summed E-state index contributed by atoms with van der Waals surface area (Å²) in [5.41, 5.74) is 1.54. The van der Waals surface area contributed by atoms with Crippen LogP contribution in [0.25, 0.3) is 0 Å². The summed E-state index contributed by atoms with van der Waals surface area (Å²) >= 11 is 0. The van der Waals surface area contributed by atoms with E-state index >= 15 is 0 Å². The summed E-state index contributed by atoms with van der Waals surface area (Å²) < 4.78 is 27.9. The van der Waals surface area contributed by atoms with Crippen molar-refractivity contribution in [3.05, 3.63) is 59.7 Å². The first-order chi connectivity index (χ1) is 16.7. The quantitative estimate of drug-likeness (QED) is 0.493. The van der Waals surface area contributed by atoms with Crippen LogP contribution in [0, 0.1) is 0 Å². The fraction of sp³-hybridized carbons (Fsp3) is 0.375. The molecular weight excluding hydrogens is 472 g/mol. The Labute approximate surface area is 204 Å². The average Bonchev–Trinajstić information content (AvgIpc) is 3.09. The molecule has 0 aliphatic carbocycles. The maximum Gasteiger partial charge on any atom is 0.321 e. The van der Waals surface area contributed by atoms with E-state index in [1.807, 2.05) is 0 Å². The number of nitrogens with zero attached hydrogens (tertiary/aromatic N) is 3. The zero-order valence-corrected chi connectivity index (χ0v) is 20.2. The molecule has 2 amide bonds. The SMILES string of the molecule is CN1CCN(c2ccc(S(=O)(=O)NC(CCCN3C(=O)c4ccccc4C3=O)C(=O)O)cc2)CC1. The number of piperazine rings is 1. The fourth-order valence-corrected chi connectivity index (χ4v) is 5.51. The third-order valence-electron chi connectivity index (χ3n) is 6.36. The summed E-state index contributed by atoms with van der Waals surface area (Å²) in [5.74, 6) is -2.19. The molecule has 0 aromatic heterocycles. The number of hydrogen-bond donors (Lipinski definition) is 2. The molecule has 10 nitrogen and oxygen atoms in total. The molecular formula is C24H28N4O6S. The van der Waals surface area contributed by atoms with Crippen molar-refractivity contribution in [3.8, 4) is 0 Å². The van der Waals surface area contributed by atoms with Crippen LogP contribution in [-0.4, -0.2) is 86.9 Å². The smallest absolute Gasteiger partial charge is 0.321 e. The minimum absolute atomic E-state index is 0.00241. The van der Waals surface area contributed by atoms with Gasteiger partial charge in [-0.3, -0.25) is 19.3 Å². The molecule has 2 heterocycles. The van der Waals surface area contributed by atoms with Crippen LogP contribution in [0.15, 0.2) is 53.4 Å². The monoisotopic (exact) mass is 500 g/mol. The highest BCUT2D eigenvalue weighted by molar-refractivity contribution is 7.89. The number of carboxylic acid groups (broad SMARTS) is 1. The lowest BCUT2D eigenvalue weighted by Crippen LogP contribution is -2.44. The molecule has 11 heteroatoms. The van der Waals surface area contributed by atoms with E-state index < -0.39 is 33.8 Å². The Morgan fingerprint density at radius 2 is 1.54 bits per heavy atom. The Morgan fingerprint density at radius 3 is 2.09 bits per heavy atom. The summed E-state index contributed by atoms with van der Waals surface area (Å²) in [6, 6.07) is 11.4. The number of aliphatic carboxylic acids is 1. The molecule has 2 N–H and O–H groups in total. The molecule has 1 fully saturated rings. The van der Waals surface area contributed by atoms with E-state index in [2.05, 4.69) is 21.6 Å². The van der Waals surface area contributed by atoms with Gasteiger partial charge in [0, 0.05) is 38.4 Å². The van der Waals surface area contributed by atoms with Crippen LogP contribution >= 0.6 is 0 Å². The van der Waals surface area contributed by atoms with Crippen LogP contribution in [0.2, 0.25) is 0 Å². The van der Waals surface area contributed by atoms with Gasteiger partial charge in [-0.2, -0.15) is 4.72 Å². The topological polar surface area (TPSA) is 127 Å². The lowest BCUT2D eigenvalue weighted by Gasteiger charge is -2.34. The summed E-state index contributed by atoms with van der Waals surface area (Å²) in [5, 5.41) is 9.57. The van der Waals surface area contributed by atoms with Gasteiger partial charge in [0.15, 0.2) is 0 Å². The van der Waals surface area contributed by atoms with Crippen molar-refractivity contribution in [2.45, 2.75) is 23.8 Å². The number of carbonyl (C=O) groups is 3. The number of nitrogens with one attached hydrogen (secondary N) is 1. The van der Waals surface area contributed by atoms with Crippen molar-refractivity contribution in [2.24, 2.45) is 0 Å². The Balaban J connectivity index is 1.36. The Bertz CT molecular complexity index is 1190. The van der Waals surface area contributed by atoms with Crippen LogP contribution in [0.3, 0.4) is 0 Å². The van der Waals surface area contributed by atoms with E-state index in [4.69, 9.17) is 0 Å². The van der Waals surface area contributed by atoms with Crippen LogP contribution in [0.1, 0.15) is 33.6 Å².